The van der Waals surface area contributed by atoms with Crippen molar-refractivity contribution in [3.8, 4) is 0 Å². The molecule has 2 aromatic rings. The van der Waals surface area contributed by atoms with Crippen molar-refractivity contribution in [1.82, 2.24) is 9.55 Å². The van der Waals surface area contributed by atoms with Crippen LogP contribution in [-0.4, -0.2) is 47.8 Å². The van der Waals surface area contributed by atoms with Crippen LogP contribution in [0.5, 0.6) is 0 Å². The van der Waals surface area contributed by atoms with Gasteiger partial charge in [-0.15, -0.1) is 0 Å². The first-order chi connectivity index (χ1) is 13.0. The Bertz CT molecular complexity index is 1030. The van der Waals surface area contributed by atoms with E-state index in [2.05, 4.69) is 4.98 Å². The standard InChI is InChI=1S/C16H17F2N3O6S/c1-9-2-4-10(5-3-9)28(24,25)26-8-11-13(22)16(17,18)14(27-11)21-7-6-12(19)20-15(21)23/h2-7,11,13-14,22H,8H2,1H3,(H2,19,20,23)/t11-,13-,14-/m1/s1. The third-order valence-corrected chi connectivity index (χ3v) is 5.48. The molecule has 1 fully saturated rings. The van der Waals surface area contributed by atoms with E-state index in [9.17, 15) is 27.1 Å². The highest BCUT2D eigenvalue weighted by atomic mass is 32.2. The molecule has 0 amide bonds. The van der Waals surface area contributed by atoms with Crippen molar-refractivity contribution in [3.05, 3.63) is 52.6 Å². The molecule has 0 aliphatic carbocycles. The van der Waals surface area contributed by atoms with E-state index in [0.29, 0.717) is 4.57 Å². The summed E-state index contributed by atoms with van der Waals surface area (Å²) >= 11 is 0. The number of hydrogen-bond donors (Lipinski definition) is 2. The number of aryl methyl sites for hydroxylation is 1. The molecular formula is C16H17F2N3O6S. The summed E-state index contributed by atoms with van der Waals surface area (Å²) in [5, 5.41) is 9.89. The molecule has 12 heteroatoms. The molecule has 9 nitrogen and oxygen atoms in total. The van der Waals surface area contributed by atoms with Crippen LogP contribution in [0.25, 0.3) is 0 Å². The molecule has 0 spiro atoms. The van der Waals surface area contributed by atoms with E-state index < -0.39 is 46.8 Å². The molecule has 0 unspecified atom stereocenters. The second-order valence-corrected chi connectivity index (χ2v) is 7.86. The van der Waals surface area contributed by atoms with Gasteiger partial charge in [-0.05, 0) is 25.1 Å². The average molecular weight is 417 g/mol. The van der Waals surface area contributed by atoms with Gasteiger partial charge in [0, 0.05) is 6.20 Å². The Morgan fingerprint density at radius 1 is 1.32 bits per heavy atom. The molecule has 1 aromatic heterocycles. The van der Waals surface area contributed by atoms with Crippen molar-refractivity contribution in [2.75, 3.05) is 12.3 Å². The fourth-order valence-corrected chi connectivity index (χ4v) is 3.56. The lowest BCUT2D eigenvalue weighted by molar-refractivity contribution is -0.140. The van der Waals surface area contributed by atoms with Crippen molar-refractivity contribution < 1.29 is 31.2 Å². The highest BCUT2D eigenvalue weighted by molar-refractivity contribution is 7.86. The minimum atomic E-state index is -4.25. The van der Waals surface area contributed by atoms with Crippen molar-refractivity contribution in [2.24, 2.45) is 0 Å². The number of alkyl halides is 2. The van der Waals surface area contributed by atoms with Gasteiger partial charge in [0.1, 0.15) is 11.9 Å². The van der Waals surface area contributed by atoms with Gasteiger partial charge in [0.15, 0.2) is 6.10 Å². The minimum Gasteiger partial charge on any atom is -0.384 e. The zero-order chi connectivity index (χ0) is 20.7. The Balaban J connectivity index is 1.78. The molecule has 2 heterocycles. The van der Waals surface area contributed by atoms with E-state index in [1.54, 1.807) is 19.1 Å². The second-order valence-electron chi connectivity index (χ2n) is 6.24. The van der Waals surface area contributed by atoms with Gasteiger partial charge >= 0.3 is 11.6 Å². The molecule has 0 bridgehead atoms. The van der Waals surface area contributed by atoms with Gasteiger partial charge in [0.05, 0.1) is 11.5 Å². The van der Waals surface area contributed by atoms with E-state index in [1.807, 2.05) is 0 Å². The number of halogens is 2. The summed E-state index contributed by atoms with van der Waals surface area (Å²) in [4.78, 5) is 15.0. The third kappa shape index (κ3) is 3.76. The summed E-state index contributed by atoms with van der Waals surface area (Å²) < 4.78 is 63.5. The van der Waals surface area contributed by atoms with Gasteiger partial charge in [-0.1, -0.05) is 17.7 Å². The SMILES string of the molecule is Cc1ccc(S(=O)(=O)OC[C@H]2O[C@@H](n3ccc(N)nc3=O)C(F)(F)[C@@H]2O)cc1. The molecule has 1 aromatic carbocycles. The van der Waals surface area contributed by atoms with Crippen LogP contribution in [0.2, 0.25) is 0 Å². The van der Waals surface area contributed by atoms with Gasteiger partial charge in [-0.2, -0.15) is 22.2 Å². The topological polar surface area (TPSA) is 134 Å². The predicted molar refractivity (Wildman–Crippen MR) is 92.1 cm³/mol. The number of nitrogen functional groups attached to an aromatic ring is 1. The Morgan fingerprint density at radius 3 is 2.57 bits per heavy atom. The number of anilines is 1. The second kappa shape index (κ2) is 7.20. The smallest absolute Gasteiger partial charge is 0.351 e. The fraction of sp³-hybridized carbons (Fsp3) is 0.375. The molecule has 3 N–H and O–H groups in total. The lowest BCUT2D eigenvalue weighted by Gasteiger charge is -2.20. The summed E-state index contributed by atoms with van der Waals surface area (Å²) in [5.74, 6) is -4.07. The van der Waals surface area contributed by atoms with Crippen LogP contribution in [0.15, 0.2) is 46.2 Å². The Morgan fingerprint density at radius 2 is 1.96 bits per heavy atom. The molecule has 3 rings (SSSR count). The highest BCUT2D eigenvalue weighted by Crippen LogP contribution is 2.42. The zero-order valence-corrected chi connectivity index (χ0v) is 15.3. The van der Waals surface area contributed by atoms with Gasteiger partial charge < -0.3 is 15.6 Å². The largest absolute Gasteiger partial charge is 0.384 e. The number of rotatable bonds is 5. The highest BCUT2D eigenvalue weighted by Gasteiger charge is 2.60. The number of ether oxygens (including phenoxy) is 1. The first-order valence-electron chi connectivity index (χ1n) is 8.04. The van der Waals surface area contributed by atoms with Crippen LogP contribution >= 0.6 is 0 Å². The molecule has 1 saturated heterocycles. The lowest BCUT2D eigenvalue weighted by atomic mass is 10.1. The quantitative estimate of drug-likeness (QED) is 0.669. The van der Waals surface area contributed by atoms with Gasteiger partial charge in [0.2, 0.25) is 6.23 Å². The fourth-order valence-electron chi connectivity index (χ4n) is 2.64. The number of aromatic nitrogens is 2. The third-order valence-electron chi connectivity index (χ3n) is 4.18. The van der Waals surface area contributed by atoms with Gasteiger partial charge in [-0.3, -0.25) is 8.75 Å². The van der Waals surface area contributed by atoms with Crippen LogP contribution in [0.3, 0.4) is 0 Å². The van der Waals surface area contributed by atoms with Crippen LogP contribution in [0.4, 0.5) is 14.6 Å². The molecule has 0 saturated carbocycles. The first-order valence-corrected chi connectivity index (χ1v) is 9.45. The Kier molecular flexibility index (Phi) is 5.23. The first kappa shape index (κ1) is 20.3. The Hall–Kier alpha value is -2.41. The number of aliphatic hydroxyl groups excluding tert-OH is 1. The number of benzene rings is 1. The van der Waals surface area contributed by atoms with E-state index >= 15 is 0 Å². The summed E-state index contributed by atoms with van der Waals surface area (Å²) in [6, 6.07) is 6.80. The molecule has 3 atom stereocenters. The summed E-state index contributed by atoms with van der Waals surface area (Å²) in [5.41, 5.74) is 5.03. The van der Waals surface area contributed by atoms with Gasteiger partial charge in [0.25, 0.3) is 10.1 Å². The van der Waals surface area contributed by atoms with Crippen LogP contribution in [0.1, 0.15) is 11.8 Å². The molecule has 1 aliphatic rings. The molecular weight excluding hydrogens is 400 g/mol. The summed E-state index contributed by atoms with van der Waals surface area (Å²) in [6.07, 6.45) is -5.36. The van der Waals surface area contributed by atoms with Crippen LogP contribution in [-0.2, 0) is 19.0 Å². The average Bonchev–Trinajstić information content (AvgIpc) is 2.84. The normalized spacial score (nSPS) is 24.4. The van der Waals surface area contributed by atoms with Crippen LogP contribution < -0.4 is 11.4 Å². The van der Waals surface area contributed by atoms with Crippen LogP contribution in [0, 0.1) is 6.92 Å². The van der Waals surface area contributed by atoms with E-state index in [-0.39, 0.29) is 10.7 Å². The van der Waals surface area contributed by atoms with E-state index in [0.717, 1.165) is 17.8 Å². The number of nitrogens with two attached hydrogens (primary N) is 1. The zero-order valence-electron chi connectivity index (χ0n) is 14.5. The minimum absolute atomic E-state index is 0.173. The Labute approximate surface area is 158 Å². The van der Waals surface area contributed by atoms with Crippen molar-refractivity contribution in [3.63, 3.8) is 0 Å². The maximum atomic E-state index is 14.4. The monoisotopic (exact) mass is 417 g/mol. The van der Waals surface area contributed by atoms with Crippen molar-refractivity contribution >= 4 is 15.9 Å². The molecule has 1 aliphatic heterocycles. The van der Waals surface area contributed by atoms with E-state index in [1.165, 1.54) is 12.1 Å². The van der Waals surface area contributed by atoms with Crippen molar-refractivity contribution in [2.45, 2.75) is 36.2 Å². The van der Waals surface area contributed by atoms with Gasteiger partial charge in [-0.25, -0.2) is 4.79 Å². The number of hydrogen-bond acceptors (Lipinski definition) is 8. The van der Waals surface area contributed by atoms with Crippen molar-refractivity contribution in [1.29, 1.82) is 0 Å². The number of aliphatic hydroxyl groups is 1. The maximum absolute atomic E-state index is 14.4. The molecule has 152 valence electrons. The molecule has 0 radical (unpaired) electrons. The number of nitrogens with zero attached hydrogens (tertiary/aromatic N) is 2. The van der Waals surface area contributed by atoms with E-state index in [4.69, 9.17) is 14.7 Å². The summed E-state index contributed by atoms with van der Waals surface area (Å²) in [6.45, 7) is 0.886. The lowest BCUT2D eigenvalue weighted by Crippen LogP contribution is -2.42. The predicted octanol–water partition coefficient (Wildman–Crippen LogP) is 0.433. The maximum Gasteiger partial charge on any atom is 0.351 e. The summed E-state index contributed by atoms with van der Waals surface area (Å²) in [7, 11) is -4.25. The molecule has 28 heavy (non-hydrogen) atoms.